The molecule has 1 aromatic carbocycles. The molecule has 2 rings (SSSR count). The Bertz CT molecular complexity index is 607. The molecule has 108 valence electrons. The smallest absolute Gasteiger partial charge is 0.308 e. The fourth-order valence-corrected chi connectivity index (χ4v) is 2.58. The summed E-state index contributed by atoms with van der Waals surface area (Å²) in [6.07, 6.45) is -4.71. The lowest BCUT2D eigenvalue weighted by molar-refractivity contribution is -0.140. The predicted molar refractivity (Wildman–Crippen MR) is 69.2 cm³/mol. The molecule has 0 saturated carbocycles. The highest BCUT2D eigenvalue weighted by atomic mass is 32.1. The van der Waals surface area contributed by atoms with E-state index in [0.29, 0.717) is 11.3 Å². The second-order valence-corrected chi connectivity index (χ2v) is 5.31. The zero-order chi connectivity index (χ0) is 14.9. The minimum Gasteiger partial charge on any atom is -0.308 e. The zero-order valence-corrected chi connectivity index (χ0v) is 11.6. The Kier molecular flexibility index (Phi) is 4.10. The summed E-state index contributed by atoms with van der Waals surface area (Å²) >= 11 is 1.41. The first-order valence-electron chi connectivity index (χ1n) is 5.79. The van der Waals surface area contributed by atoms with Crippen molar-refractivity contribution in [2.75, 3.05) is 7.05 Å². The lowest BCUT2D eigenvalue weighted by atomic mass is 10.0. The summed E-state index contributed by atoms with van der Waals surface area (Å²) in [5, 5.41) is 5.49. The van der Waals surface area contributed by atoms with Gasteiger partial charge >= 0.3 is 6.18 Å². The second kappa shape index (κ2) is 5.49. The second-order valence-electron chi connectivity index (χ2n) is 4.25. The number of alkyl halides is 3. The lowest BCUT2D eigenvalue weighted by Crippen LogP contribution is -2.19. The molecule has 0 amide bonds. The Labute approximate surface area is 117 Å². The van der Waals surface area contributed by atoms with Crippen LogP contribution in [0.5, 0.6) is 0 Å². The van der Waals surface area contributed by atoms with E-state index in [-0.39, 0.29) is 0 Å². The molecule has 2 nitrogen and oxygen atoms in total. The van der Waals surface area contributed by atoms with E-state index in [1.807, 2.05) is 6.92 Å². The molecule has 20 heavy (non-hydrogen) atoms. The van der Waals surface area contributed by atoms with Gasteiger partial charge in [-0.25, -0.2) is 9.37 Å². The molecule has 1 N–H and O–H groups in total. The predicted octanol–water partition coefficient (Wildman–Crippen LogP) is 3.92. The Balaban J connectivity index is 2.46. The van der Waals surface area contributed by atoms with Crippen molar-refractivity contribution in [3.8, 4) is 0 Å². The maximum atomic E-state index is 13.3. The maximum Gasteiger partial charge on any atom is 0.419 e. The molecule has 0 fully saturated rings. The summed E-state index contributed by atoms with van der Waals surface area (Å²) in [6.45, 7) is 1.81. The van der Waals surface area contributed by atoms with E-state index in [2.05, 4.69) is 10.3 Å². The number of hydrogen-bond donors (Lipinski definition) is 1. The van der Waals surface area contributed by atoms with E-state index in [0.717, 1.165) is 17.1 Å². The maximum absolute atomic E-state index is 13.3. The first-order chi connectivity index (χ1) is 9.32. The number of aryl methyl sites for hydroxylation is 1. The van der Waals surface area contributed by atoms with Crippen molar-refractivity contribution in [2.45, 2.75) is 19.1 Å². The standard InChI is InChI=1S/C13H12F4N2S/c1-7-19-11(6-20-7)12(18-2)8-3-4-10(14)9(5-8)13(15,16)17/h3-6,12,18H,1-2H3. The van der Waals surface area contributed by atoms with Gasteiger partial charge in [-0.1, -0.05) is 6.07 Å². The fourth-order valence-electron chi connectivity index (χ4n) is 1.94. The average Bonchev–Trinajstić information content (AvgIpc) is 2.77. The van der Waals surface area contributed by atoms with Gasteiger partial charge in [0.05, 0.1) is 22.3 Å². The van der Waals surface area contributed by atoms with Crippen LogP contribution in [0.25, 0.3) is 0 Å². The van der Waals surface area contributed by atoms with E-state index in [1.165, 1.54) is 17.4 Å². The SMILES string of the molecule is CNC(c1ccc(F)c(C(F)(F)F)c1)c1csc(C)n1. The highest BCUT2D eigenvalue weighted by Gasteiger charge is 2.34. The van der Waals surface area contributed by atoms with Crippen LogP contribution in [-0.4, -0.2) is 12.0 Å². The van der Waals surface area contributed by atoms with Crippen molar-refractivity contribution >= 4 is 11.3 Å². The van der Waals surface area contributed by atoms with Crippen LogP contribution in [0.1, 0.15) is 27.9 Å². The number of halogens is 4. The zero-order valence-electron chi connectivity index (χ0n) is 10.8. The molecular formula is C13H12F4N2S. The molecule has 0 aliphatic heterocycles. The third-order valence-electron chi connectivity index (χ3n) is 2.85. The van der Waals surface area contributed by atoms with E-state index in [1.54, 1.807) is 12.4 Å². The highest BCUT2D eigenvalue weighted by Crippen LogP contribution is 2.34. The van der Waals surface area contributed by atoms with Crippen LogP contribution in [-0.2, 0) is 6.18 Å². The van der Waals surface area contributed by atoms with Crippen molar-refractivity contribution in [1.82, 2.24) is 10.3 Å². The highest BCUT2D eigenvalue weighted by molar-refractivity contribution is 7.09. The molecule has 2 aromatic rings. The summed E-state index contributed by atoms with van der Waals surface area (Å²) < 4.78 is 51.5. The van der Waals surface area contributed by atoms with E-state index in [4.69, 9.17) is 0 Å². The summed E-state index contributed by atoms with van der Waals surface area (Å²) in [5.41, 5.74) is -0.316. The van der Waals surface area contributed by atoms with Crippen LogP contribution >= 0.6 is 11.3 Å². The largest absolute Gasteiger partial charge is 0.419 e. The molecule has 1 aromatic heterocycles. The quantitative estimate of drug-likeness (QED) is 0.869. The summed E-state index contributed by atoms with van der Waals surface area (Å²) in [4.78, 5) is 4.25. The number of aromatic nitrogens is 1. The van der Waals surface area contributed by atoms with Crippen LogP contribution in [0.4, 0.5) is 17.6 Å². The molecule has 0 radical (unpaired) electrons. The van der Waals surface area contributed by atoms with Gasteiger partial charge in [0.2, 0.25) is 0 Å². The van der Waals surface area contributed by atoms with Crippen molar-refractivity contribution < 1.29 is 17.6 Å². The molecule has 0 spiro atoms. The Morgan fingerprint density at radius 2 is 2.00 bits per heavy atom. The van der Waals surface area contributed by atoms with E-state index < -0.39 is 23.6 Å². The molecule has 0 aliphatic rings. The third-order valence-corrected chi connectivity index (χ3v) is 3.64. The van der Waals surface area contributed by atoms with Crippen molar-refractivity contribution in [3.63, 3.8) is 0 Å². The fraction of sp³-hybridized carbons (Fsp3) is 0.308. The first kappa shape index (κ1) is 14.9. The Morgan fingerprint density at radius 1 is 1.30 bits per heavy atom. The Hall–Kier alpha value is -1.47. The molecule has 1 atom stereocenters. The molecule has 7 heteroatoms. The number of hydrogen-bond acceptors (Lipinski definition) is 3. The molecule has 0 bridgehead atoms. The van der Waals surface area contributed by atoms with Gasteiger partial charge in [-0.15, -0.1) is 11.3 Å². The number of benzene rings is 1. The van der Waals surface area contributed by atoms with Gasteiger partial charge in [-0.05, 0) is 31.7 Å². The first-order valence-corrected chi connectivity index (χ1v) is 6.67. The molecule has 0 saturated heterocycles. The van der Waals surface area contributed by atoms with Crippen LogP contribution in [0.3, 0.4) is 0 Å². The van der Waals surface area contributed by atoms with Gasteiger partial charge in [-0.2, -0.15) is 13.2 Å². The van der Waals surface area contributed by atoms with Crippen LogP contribution in [0, 0.1) is 12.7 Å². The average molecular weight is 304 g/mol. The number of rotatable bonds is 3. The normalized spacial score (nSPS) is 13.5. The summed E-state index contributed by atoms with van der Waals surface area (Å²) in [7, 11) is 1.62. The van der Waals surface area contributed by atoms with Gasteiger partial charge in [0, 0.05) is 5.38 Å². The minimum absolute atomic E-state index is 0.325. The third kappa shape index (κ3) is 2.99. The Morgan fingerprint density at radius 3 is 2.50 bits per heavy atom. The molecule has 1 unspecified atom stereocenters. The van der Waals surface area contributed by atoms with Crippen molar-refractivity contribution in [3.05, 3.63) is 51.2 Å². The summed E-state index contributed by atoms with van der Waals surface area (Å²) in [5.74, 6) is -1.27. The monoisotopic (exact) mass is 304 g/mol. The van der Waals surface area contributed by atoms with Gasteiger partial charge in [0.15, 0.2) is 0 Å². The van der Waals surface area contributed by atoms with Gasteiger partial charge in [0.25, 0.3) is 0 Å². The number of nitrogens with zero attached hydrogens (tertiary/aromatic N) is 1. The van der Waals surface area contributed by atoms with Gasteiger partial charge < -0.3 is 5.32 Å². The number of nitrogens with one attached hydrogen (secondary N) is 1. The molecule has 0 aliphatic carbocycles. The summed E-state index contributed by atoms with van der Waals surface area (Å²) in [6, 6.07) is 2.49. The number of thiazole rings is 1. The van der Waals surface area contributed by atoms with Crippen LogP contribution < -0.4 is 5.32 Å². The van der Waals surface area contributed by atoms with Crippen LogP contribution in [0.2, 0.25) is 0 Å². The molecule has 1 heterocycles. The van der Waals surface area contributed by atoms with E-state index >= 15 is 0 Å². The topological polar surface area (TPSA) is 24.9 Å². The van der Waals surface area contributed by atoms with E-state index in [9.17, 15) is 17.6 Å². The van der Waals surface area contributed by atoms with Gasteiger partial charge in [0.1, 0.15) is 5.82 Å². The molecular weight excluding hydrogens is 292 g/mol. The lowest BCUT2D eigenvalue weighted by Gasteiger charge is -2.17. The minimum atomic E-state index is -4.71. The van der Waals surface area contributed by atoms with Crippen molar-refractivity contribution in [1.29, 1.82) is 0 Å². The van der Waals surface area contributed by atoms with Crippen LogP contribution in [0.15, 0.2) is 23.6 Å². The van der Waals surface area contributed by atoms with Crippen molar-refractivity contribution in [2.24, 2.45) is 0 Å². The van der Waals surface area contributed by atoms with Gasteiger partial charge in [-0.3, -0.25) is 0 Å².